The molecule has 0 radical (unpaired) electrons. The second-order valence-electron chi connectivity index (χ2n) is 3.43. The third kappa shape index (κ3) is 4.25. The van der Waals surface area contributed by atoms with Gasteiger partial charge in [0, 0.05) is 12.1 Å². The molecule has 104 valence electrons. The van der Waals surface area contributed by atoms with E-state index in [0.717, 1.165) is 6.54 Å². The van der Waals surface area contributed by atoms with Crippen molar-refractivity contribution in [3.05, 3.63) is 22.7 Å². The summed E-state index contributed by atoms with van der Waals surface area (Å²) in [5.74, 6) is 1.04. The molecule has 19 heavy (non-hydrogen) atoms. The lowest BCUT2D eigenvalue weighted by Gasteiger charge is -2.10. The minimum absolute atomic E-state index is 0.432. The third-order valence-corrected chi connectivity index (χ3v) is 2.85. The maximum absolute atomic E-state index is 6.20. The predicted molar refractivity (Wildman–Crippen MR) is 81.6 cm³/mol. The summed E-state index contributed by atoms with van der Waals surface area (Å²) in [6, 6.07) is 3.54. The first-order valence-electron chi connectivity index (χ1n) is 5.61. The molecule has 5 nitrogen and oxygen atoms in total. The van der Waals surface area contributed by atoms with Crippen LogP contribution in [-0.2, 0) is 0 Å². The third-order valence-electron chi connectivity index (χ3n) is 2.22. The van der Waals surface area contributed by atoms with Crippen LogP contribution in [0.2, 0.25) is 5.02 Å². The van der Waals surface area contributed by atoms with Gasteiger partial charge in [-0.2, -0.15) is 5.10 Å². The second kappa shape index (κ2) is 7.81. The van der Waals surface area contributed by atoms with E-state index in [1.54, 1.807) is 25.5 Å². The average molecular weight is 302 g/mol. The molecule has 1 aromatic carbocycles. The van der Waals surface area contributed by atoms with Crippen molar-refractivity contribution in [2.45, 2.75) is 6.92 Å². The summed E-state index contributed by atoms with van der Waals surface area (Å²) in [6.45, 7) is 2.68. The van der Waals surface area contributed by atoms with Crippen molar-refractivity contribution < 1.29 is 9.47 Å². The van der Waals surface area contributed by atoms with Crippen LogP contribution in [-0.4, -0.2) is 32.1 Å². The van der Waals surface area contributed by atoms with Crippen LogP contribution in [0.5, 0.6) is 11.5 Å². The summed E-state index contributed by atoms with van der Waals surface area (Å²) in [5, 5.41) is 7.79. The summed E-state index contributed by atoms with van der Waals surface area (Å²) in [7, 11) is 3.08. The van der Waals surface area contributed by atoms with Crippen molar-refractivity contribution in [3.8, 4) is 11.5 Å². The zero-order chi connectivity index (χ0) is 14.3. The Labute approximate surface area is 122 Å². The van der Waals surface area contributed by atoms with Crippen LogP contribution in [0.25, 0.3) is 0 Å². The molecule has 0 heterocycles. The summed E-state index contributed by atoms with van der Waals surface area (Å²) in [6.07, 6.45) is 1.56. The van der Waals surface area contributed by atoms with E-state index in [1.165, 1.54) is 7.11 Å². The largest absolute Gasteiger partial charge is 0.493 e. The van der Waals surface area contributed by atoms with E-state index in [4.69, 9.17) is 33.3 Å². The van der Waals surface area contributed by atoms with Gasteiger partial charge in [0.15, 0.2) is 16.6 Å². The van der Waals surface area contributed by atoms with Crippen molar-refractivity contribution in [3.63, 3.8) is 0 Å². The molecule has 7 heteroatoms. The van der Waals surface area contributed by atoms with Gasteiger partial charge in [-0.1, -0.05) is 11.6 Å². The number of hydrazone groups is 1. The lowest BCUT2D eigenvalue weighted by atomic mass is 10.2. The minimum atomic E-state index is 0.432. The van der Waals surface area contributed by atoms with Gasteiger partial charge in [-0.05, 0) is 31.3 Å². The first kappa shape index (κ1) is 15.5. The van der Waals surface area contributed by atoms with E-state index in [-0.39, 0.29) is 0 Å². The number of hydrogen-bond acceptors (Lipinski definition) is 4. The fourth-order valence-corrected chi connectivity index (χ4v) is 1.84. The van der Waals surface area contributed by atoms with Gasteiger partial charge in [-0.25, -0.2) is 0 Å². The smallest absolute Gasteiger partial charge is 0.186 e. The molecule has 0 aromatic heterocycles. The van der Waals surface area contributed by atoms with Gasteiger partial charge in [-0.3, -0.25) is 5.43 Å². The topological polar surface area (TPSA) is 54.9 Å². The Kier molecular flexibility index (Phi) is 6.38. The highest BCUT2D eigenvalue weighted by atomic mass is 35.5. The Bertz CT molecular complexity index is 480. The molecular formula is C12H16ClN3O2S. The molecule has 0 aliphatic rings. The normalized spacial score (nSPS) is 10.3. The number of nitrogens with one attached hydrogen (secondary N) is 2. The van der Waals surface area contributed by atoms with E-state index in [1.807, 2.05) is 6.92 Å². The van der Waals surface area contributed by atoms with E-state index >= 15 is 0 Å². The van der Waals surface area contributed by atoms with Gasteiger partial charge in [0.25, 0.3) is 0 Å². The lowest BCUT2D eigenvalue weighted by Crippen LogP contribution is -2.31. The molecule has 0 aliphatic heterocycles. The number of benzene rings is 1. The Morgan fingerprint density at radius 2 is 2.16 bits per heavy atom. The van der Waals surface area contributed by atoms with Gasteiger partial charge in [0.05, 0.1) is 25.5 Å². The van der Waals surface area contributed by atoms with Crippen LogP contribution in [0.15, 0.2) is 17.2 Å². The molecule has 0 aliphatic carbocycles. The molecule has 0 bridgehead atoms. The zero-order valence-electron chi connectivity index (χ0n) is 11.0. The number of methoxy groups -OCH3 is 2. The van der Waals surface area contributed by atoms with E-state index in [2.05, 4.69) is 15.8 Å². The number of ether oxygens (including phenoxy) is 2. The molecule has 0 saturated heterocycles. The molecular weight excluding hydrogens is 286 g/mol. The van der Waals surface area contributed by atoms with Gasteiger partial charge in [0.1, 0.15) is 0 Å². The second-order valence-corrected chi connectivity index (χ2v) is 4.22. The Morgan fingerprint density at radius 3 is 2.74 bits per heavy atom. The highest BCUT2D eigenvalue weighted by Gasteiger charge is 2.11. The van der Waals surface area contributed by atoms with Crippen molar-refractivity contribution in [2.75, 3.05) is 20.8 Å². The van der Waals surface area contributed by atoms with Crippen LogP contribution in [0.4, 0.5) is 0 Å². The molecule has 0 spiro atoms. The Morgan fingerprint density at radius 1 is 1.42 bits per heavy atom. The number of thiocarbonyl (C=S) groups is 1. The monoisotopic (exact) mass is 301 g/mol. The fraction of sp³-hybridized carbons (Fsp3) is 0.333. The quantitative estimate of drug-likeness (QED) is 0.496. The first-order chi connectivity index (χ1) is 9.13. The van der Waals surface area contributed by atoms with Gasteiger partial charge in [-0.15, -0.1) is 0 Å². The van der Waals surface area contributed by atoms with Crippen LogP contribution >= 0.6 is 23.8 Å². The SMILES string of the molecule is CCNC(=S)N/N=C/c1ccc(OC)c(OC)c1Cl. The van der Waals surface area contributed by atoms with Crippen molar-refractivity contribution in [1.82, 2.24) is 10.7 Å². The van der Waals surface area contributed by atoms with Crippen LogP contribution in [0, 0.1) is 0 Å². The predicted octanol–water partition coefficient (Wildman–Crippen LogP) is 2.18. The van der Waals surface area contributed by atoms with Crippen molar-refractivity contribution in [2.24, 2.45) is 5.10 Å². The standard InChI is InChI=1S/C12H16ClN3O2S/c1-4-14-12(19)16-15-7-8-5-6-9(17-2)11(18-3)10(8)13/h5-7H,4H2,1-3H3,(H2,14,16,19)/b15-7+. The van der Waals surface area contributed by atoms with Gasteiger partial charge in [0.2, 0.25) is 0 Å². The van der Waals surface area contributed by atoms with E-state index < -0.39 is 0 Å². The van der Waals surface area contributed by atoms with Crippen LogP contribution in [0.3, 0.4) is 0 Å². The maximum Gasteiger partial charge on any atom is 0.186 e. The molecule has 1 rings (SSSR count). The van der Waals surface area contributed by atoms with E-state index in [0.29, 0.717) is 27.2 Å². The summed E-state index contributed by atoms with van der Waals surface area (Å²) < 4.78 is 10.3. The van der Waals surface area contributed by atoms with Crippen molar-refractivity contribution >= 4 is 35.1 Å². The molecule has 0 unspecified atom stereocenters. The summed E-state index contributed by atoms with van der Waals surface area (Å²) >= 11 is 11.2. The summed E-state index contributed by atoms with van der Waals surface area (Å²) in [4.78, 5) is 0. The summed E-state index contributed by atoms with van der Waals surface area (Å²) in [5.41, 5.74) is 3.38. The van der Waals surface area contributed by atoms with Gasteiger partial charge < -0.3 is 14.8 Å². The molecule has 0 atom stereocenters. The highest BCUT2D eigenvalue weighted by molar-refractivity contribution is 7.80. The Balaban J connectivity index is 2.85. The van der Waals surface area contributed by atoms with Crippen molar-refractivity contribution in [1.29, 1.82) is 0 Å². The maximum atomic E-state index is 6.20. The lowest BCUT2D eigenvalue weighted by molar-refractivity contribution is 0.355. The molecule has 0 fully saturated rings. The zero-order valence-corrected chi connectivity index (χ0v) is 12.6. The average Bonchev–Trinajstić information content (AvgIpc) is 2.40. The van der Waals surface area contributed by atoms with Gasteiger partial charge >= 0.3 is 0 Å². The van der Waals surface area contributed by atoms with E-state index in [9.17, 15) is 0 Å². The molecule has 2 N–H and O–H groups in total. The number of hydrogen-bond donors (Lipinski definition) is 2. The number of halogens is 1. The number of nitrogens with zero attached hydrogens (tertiary/aromatic N) is 1. The fourth-order valence-electron chi connectivity index (χ4n) is 1.36. The van der Waals surface area contributed by atoms with Crippen LogP contribution < -0.4 is 20.2 Å². The number of rotatable bonds is 5. The minimum Gasteiger partial charge on any atom is -0.493 e. The molecule has 1 aromatic rings. The molecule has 0 amide bonds. The first-order valence-corrected chi connectivity index (χ1v) is 6.40. The highest BCUT2D eigenvalue weighted by Crippen LogP contribution is 2.36. The molecule has 0 saturated carbocycles. The Hall–Kier alpha value is -1.53. The van der Waals surface area contributed by atoms with Crippen LogP contribution in [0.1, 0.15) is 12.5 Å².